The molecule has 0 unspecified atom stereocenters. The number of ether oxygens (including phenoxy) is 1. The SMILES string of the molecule is O=C(CSc1nnnn1-c1ccccc1)N/N=C/c1ccc(OCc2c(F)cccc2Cl)cc1. The number of hydrazone groups is 1. The van der Waals surface area contributed by atoms with Crippen LogP contribution in [0.15, 0.2) is 83.1 Å². The molecule has 8 nitrogen and oxygen atoms in total. The summed E-state index contributed by atoms with van der Waals surface area (Å²) in [4.78, 5) is 12.1. The van der Waals surface area contributed by atoms with Gasteiger partial charge in [-0.05, 0) is 64.5 Å². The van der Waals surface area contributed by atoms with E-state index in [2.05, 4.69) is 26.1 Å². The molecule has 34 heavy (non-hydrogen) atoms. The first-order valence-electron chi connectivity index (χ1n) is 10.0. The minimum absolute atomic E-state index is 0.0141. The Balaban J connectivity index is 1.25. The number of thioether (sulfide) groups is 1. The van der Waals surface area contributed by atoms with E-state index in [9.17, 15) is 9.18 Å². The standard InChI is InChI=1S/C23H18ClFN6O2S/c24-20-7-4-8-21(25)19(20)14-33-18-11-9-16(10-12-18)13-26-27-22(32)15-34-23-28-29-30-31(23)17-5-2-1-3-6-17/h1-13H,14-15H2,(H,27,32)/b26-13+. The van der Waals surface area contributed by atoms with E-state index in [-0.39, 0.29) is 18.3 Å². The summed E-state index contributed by atoms with van der Waals surface area (Å²) in [7, 11) is 0. The number of amides is 1. The molecule has 0 saturated heterocycles. The second-order valence-corrected chi connectivity index (χ2v) is 8.20. The molecule has 1 aromatic heterocycles. The van der Waals surface area contributed by atoms with Gasteiger partial charge in [0.1, 0.15) is 18.2 Å². The molecule has 1 N–H and O–H groups in total. The zero-order valence-corrected chi connectivity index (χ0v) is 19.2. The van der Waals surface area contributed by atoms with Crippen LogP contribution in [0.1, 0.15) is 11.1 Å². The lowest BCUT2D eigenvalue weighted by atomic mass is 10.2. The fourth-order valence-electron chi connectivity index (χ4n) is 2.82. The zero-order valence-electron chi connectivity index (χ0n) is 17.6. The topological polar surface area (TPSA) is 94.3 Å². The van der Waals surface area contributed by atoms with Crippen LogP contribution in [0.2, 0.25) is 5.02 Å². The van der Waals surface area contributed by atoms with Crippen LogP contribution in [-0.4, -0.2) is 38.1 Å². The molecule has 4 rings (SSSR count). The molecule has 0 saturated carbocycles. The molecule has 0 bridgehead atoms. The molecule has 4 aromatic rings. The average molecular weight is 497 g/mol. The molecule has 11 heteroatoms. The second-order valence-electron chi connectivity index (χ2n) is 6.85. The van der Waals surface area contributed by atoms with Crippen molar-refractivity contribution in [3.63, 3.8) is 0 Å². The van der Waals surface area contributed by atoms with Crippen molar-refractivity contribution in [3.05, 3.63) is 94.8 Å². The van der Waals surface area contributed by atoms with E-state index >= 15 is 0 Å². The van der Waals surface area contributed by atoms with Crippen molar-refractivity contribution in [2.75, 3.05) is 5.75 Å². The Bertz CT molecular complexity index is 1260. The first kappa shape index (κ1) is 23.4. The van der Waals surface area contributed by atoms with E-state index in [0.29, 0.717) is 21.5 Å². The van der Waals surface area contributed by atoms with Crippen LogP contribution < -0.4 is 10.2 Å². The predicted molar refractivity (Wildman–Crippen MR) is 128 cm³/mol. The molecule has 1 heterocycles. The molecular formula is C23H18ClFN6O2S. The minimum Gasteiger partial charge on any atom is -0.489 e. The molecule has 0 aliphatic heterocycles. The molecule has 0 aliphatic rings. The highest BCUT2D eigenvalue weighted by molar-refractivity contribution is 7.99. The smallest absolute Gasteiger partial charge is 0.250 e. The minimum atomic E-state index is -0.415. The average Bonchev–Trinajstić information content (AvgIpc) is 3.33. The van der Waals surface area contributed by atoms with Crippen molar-refractivity contribution in [2.24, 2.45) is 5.10 Å². The number of carbonyl (C=O) groups excluding carboxylic acids is 1. The first-order valence-corrected chi connectivity index (χ1v) is 11.4. The van der Waals surface area contributed by atoms with Gasteiger partial charge in [-0.3, -0.25) is 4.79 Å². The predicted octanol–water partition coefficient (Wildman–Crippen LogP) is 4.28. The normalized spacial score (nSPS) is 11.0. The van der Waals surface area contributed by atoms with E-state index in [1.165, 1.54) is 24.0 Å². The number of tetrazole rings is 1. The van der Waals surface area contributed by atoms with Gasteiger partial charge in [0.25, 0.3) is 5.91 Å². The maximum atomic E-state index is 13.8. The second kappa shape index (κ2) is 11.4. The van der Waals surface area contributed by atoms with Crippen molar-refractivity contribution in [1.29, 1.82) is 0 Å². The molecule has 0 radical (unpaired) electrons. The van der Waals surface area contributed by atoms with Gasteiger partial charge in [0.15, 0.2) is 0 Å². The van der Waals surface area contributed by atoms with E-state index in [1.807, 2.05) is 30.3 Å². The Morgan fingerprint density at radius 1 is 1.12 bits per heavy atom. The number of carbonyl (C=O) groups is 1. The van der Waals surface area contributed by atoms with Crippen LogP contribution in [-0.2, 0) is 11.4 Å². The van der Waals surface area contributed by atoms with Gasteiger partial charge < -0.3 is 4.74 Å². The molecule has 0 atom stereocenters. The van der Waals surface area contributed by atoms with Gasteiger partial charge in [0, 0.05) is 5.56 Å². The van der Waals surface area contributed by atoms with Crippen LogP contribution >= 0.6 is 23.4 Å². The molecule has 3 aromatic carbocycles. The monoisotopic (exact) mass is 496 g/mol. The number of hydrogen-bond acceptors (Lipinski definition) is 7. The fourth-order valence-corrected chi connectivity index (χ4v) is 3.72. The van der Waals surface area contributed by atoms with Gasteiger partial charge in [-0.25, -0.2) is 9.82 Å². The van der Waals surface area contributed by atoms with Gasteiger partial charge in [-0.1, -0.05) is 47.6 Å². The summed E-state index contributed by atoms with van der Waals surface area (Å²) in [5, 5.41) is 16.3. The van der Waals surface area contributed by atoms with E-state index in [0.717, 1.165) is 11.3 Å². The summed E-state index contributed by atoms with van der Waals surface area (Å²) in [5.41, 5.74) is 4.32. The van der Waals surface area contributed by atoms with Crippen molar-refractivity contribution >= 4 is 35.5 Å². The van der Waals surface area contributed by atoms with Crippen LogP contribution in [0.5, 0.6) is 5.75 Å². The van der Waals surface area contributed by atoms with Crippen LogP contribution in [0, 0.1) is 5.82 Å². The number of hydrogen-bond donors (Lipinski definition) is 1. The van der Waals surface area contributed by atoms with Crippen molar-refractivity contribution in [1.82, 2.24) is 25.6 Å². The lowest BCUT2D eigenvalue weighted by Crippen LogP contribution is -2.20. The third-order valence-electron chi connectivity index (χ3n) is 4.50. The van der Waals surface area contributed by atoms with Crippen molar-refractivity contribution in [2.45, 2.75) is 11.8 Å². The number of rotatable bonds is 9. The highest BCUT2D eigenvalue weighted by atomic mass is 35.5. The Labute approximate surface area is 203 Å². The van der Waals surface area contributed by atoms with Crippen LogP contribution in [0.4, 0.5) is 4.39 Å². The highest BCUT2D eigenvalue weighted by Gasteiger charge is 2.11. The van der Waals surface area contributed by atoms with Gasteiger partial charge >= 0.3 is 0 Å². The molecule has 0 fully saturated rings. The zero-order chi connectivity index (χ0) is 23.8. The van der Waals surface area contributed by atoms with Crippen molar-refractivity contribution in [3.8, 4) is 11.4 Å². The molecule has 0 aliphatic carbocycles. The van der Waals surface area contributed by atoms with Crippen LogP contribution in [0.25, 0.3) is 5.69 Å². The third-order valence-corrected chi connectivity index (χ3v) is 5.78. The maximum Gasteiger partial charge on any atom is 0.250 e. The molecular weight excluding hydrogens is 479 g/mol. The summed E-state index contributed by atoms with van der Waals surface area (Å²) in [6.07, 6.45) is 1.51. The van der Waals surface area contributed by atoms with E-state index < -0.39 is 5.82 Å². The Morgan fingerprint density at radius 3 is 2.68 bits per heavy atom. The first-order chi connectivity index (χ1) is 16.6. The molecule has 0 spiro atoms. The number of benzene rings is 3. The van der Waals surface area contributed by atoms with Gasteiger partial charge in [-0.2, -0.15) is 9.78 Å². The lowest BCUT2D eigenvalue weighted by molar-refractivity contribution is -0.118. The Kier molecular flexibility index (Phi) is 7.84. The van der Waals surface area contributed by atoms with E-state index in [4.69, 9.17) is 16.3 Å². The quantitative estimate of drug-likeness (QED) is 0.211. The summed E-state index contributed by atoms with van der Waals surface area (Å²) in [5.74, 6) is -0.0732. The third kappa shape index (κ3) is 6.18. The van der Waals surface area contributed by atoms with E-state index in [1.54, 1.807) is 41.1 Å². The number of aromatic nitrogens is 4. The Morgan fingerprint density at radius 2 is 1.91 bits per heavy atom. The fraction of sp³-hybridized carbons (Fsp3) is 0.0870. The Hall–Kier alpha value is -3.76. The maximum absolute atomic E-state index is 13.8. The highest BCUT2D eigenvalue weighted by Crippen LogP contribution is 2.22. The number of para-hydroxylation sites is 1. The largest absolute Gasteiger partial charge is 0.489 e. The summed E-state index contributed by atoms with van der Waals surface area (Å²) in [6.45, 7) is 0.0141. The summed E-state index contributed by atoms with van der Waals surface area (Å²) < 4.78 is 21.0. The lowest BCUT2D eigenvalue weighted by Gasteiger charge is -2.08. The summed E-state index contributed by atoms with van der Waals surface area (Å²) in [6, 6.07) is 20.8. The number of nitrogens with one attached hydrogen (secondary N) is 1. The number of nitrogens with zero attached hydrogens (tertiary/aromatic N) is 5. The van der Waals surface area contributed by atoms with Crippen LogP contribution in [0.3, 0.4) is 0 Å². The van der Waals surface area contributed by atoms with Gasteiger partial charge in [0.2, 0.25) is 5.16 Å². The molecule has 172 valence electrons. The summed E-state index contributed by atoms with van der Waals surface area (Å²) >= 11 is 7.21. The molecule has 1 amide bonds. The van der Waals surface area contributed by atoms with Crippen molar-refractivity contribution < 1.29 is 13.9 Å². The van der Waals surface area contributed by atoms with Gasteiger partial charge in [0.05, 0.1) is 22.7 Å². The van der Waals surface area contributed by atoms with Gasteiger partial charge in [-0.15, -0.1) is 5.10 Å². The number of halogens is 2.